The van der Waals surface area contributed by atoms with E-state index in [1.807, 2.05) is 19.1 Å². The summed E-state index contributed by atoms with van der Waals surface area (Å²) in [5.74, 6) is 1.39. The lowest BCUT2D eigenvalue weighted by atomic mass is 10.2. The summed E-state index contributed by atoms with van der Waals surface area (Å²) in [6, 6.07) is 8.87. The Morgan fingerprint density at radius 1 is 1.16 bits per heavy atom. The van der Waals surface area contributed by atoms with Crippen LogP contribution in [0.1, 0.15) is 18.3 Å². The van der Waals surface area contributed by atoms with Crippen molar-refractivity contribution >= 4 is 17.5 Å². The van der Waals surface area contributed by atoms with Crippen LogP contribution in [0.2, 0.25) is 0 Å². The number of hydrogen-bond donors (Lipinski definition) is 3. The highest BCUT2D eigenvalue weighted by molar-refractivity contribution is 5.57. The molecule has 1 aromatic carbocycles. The SMILES string of the molecule is Cc1cc(N[C@@H](C)Cc2cnccn2)nc(Nc2cccc(O)c2)n1. The molecule has 0 bridgehead atoms. The molecule has 128 valence electrons. The van der Waals surface area contributed by atoms with Crippen LogP contribution in [-0.4, -0.2) is 31.1 Å². The van der Waals surface area contributed by atoms with Crippen LogP contribution in [0.5, 0.6) is 5.75 Å². The number of benzene rings is 1. The predicted molar refractivity (Wildman–Crippen MR) is 97.0 cm³/mol. The van der Waals surface area contributed by atoms with Gasteiger partial charge in [0.25, 0.3) is 0 Å². The van der Waals surface area contributed by atoms with Crippen molar-refractivity contribution in [2.75, 3.05) is 10.6 Å². The van der Waals surface area contributed by atoms with Crippen LogP contribution < -0.4 is 10.6 Å². The van der Waals surface area contributed by atoms with E-state index in [9.17, 15) is 5.11 Å². The summed E-state index contributed by atoms with van der Waals surface area (Å²) >= 11 is 0. The number of nitrogens with one attached hydrogen (secondary N) is 2. The Balaban J connectivity index is 1.70. The second-order valence-electron chi connectivity index (χ2n) is 5.84. The number of anilines is 3. The van der Waals surface area contributed by atoms with E-state index < -0.39 is 0 Å². The Morgan fingerprint density at radius 3 is 2.80 bits per heavy atom. The van der Waals surface area contributed by atoms with E-state index in [4.69, 9.17) is 0 Å². The molecule has 0 saturated heterocycles. The van der Waals surface area contributed by atoms with Crippen LogP contribution in [0.4, 0.5) is 17.5 Å². The van der Waals surface area contributed by atoms with Crippen molar-refractivity contribution in [1.82, 2.24) is 19.9 Å². The first kappa shape index (κ1) is 16.6. The van der Waals surface area contributed by atoms with Gasteiger partial charge in [0.15, 0.2) is 0 Å². The maximum atomic E-state index is 9.56. The average Bonchev–Trinajstić information content (AvgIpc) is 2.55. The molecule has 7 nitrogen and oxygen atoms in total. The van der Waals surface area contributed by atoms with Crippen LogP contribution in [0.25, 0.3) is 0 Å². The molecule has 0 spiro atoms. The summed E-state index contributed by atoms with van der Waals surface area (Å²) in [4.78, 5) is 17.2. The molecule has 3 N–H and O–H groups in total. The standard InChI is InChI=1S/C18H20N6O/c1-12(8-15-11-19-6-7-20-15)21-17-9-13(2)22-18(24-17)23-14-4-3-5-16(25)10-14/h3-7,9-12,25H,8H2,1-2H3,(H2,21,22,23,24)/t12-/m0/s1. The van der Waals surface area contributed by atoms with Crippen LogP contribution in [0.15, 0.2) is 48.9 Å². The van der Waals surface area contributed by atoms with Crippen molar-refractivity contribution in [1.29, 1.82) is 0 Å². The van der Waals surface area contributed by atoms with Gasteiger partial charge in [-0.25, -0.2) is 4.98 Å². The van der Waals surface area contributed by atoms with E-state index >= 15 is 0 Å². The Hall–Kier alpha value is -3.22. The maximum absolute atomic E-state index is 9.56. The lowest BCUT2D eigenvalue weighted by molar-refractivity contribution is 0.475. The van der Waals surface area contributed by atoms with Gasteiger partial charge >= 0.3 is 0 Å². The van der Waals surface area contributed by atoms with Gasteiger partial charge in [-0.2, -0.15) is 4.98 Å². The molecule has 7 heteroatoms. The molecule has 0 aliphatic carbocycles. The zero-order chi connectivity index (χ0) is 17.6. The number of hydrogen-bond acceptors (Lipinski definition) is 7. The van der Waals surface area contributed by atoms with Gasteiger partial charge in [0.2, 0.25) is 5.95 Å². The van der Waals surface area contributed by atoms with Crippen molar-refractivity contribution in [3.8, 4) is 5.75 Å². The van der Waals surface area contributed by atoms with Crippen molar-refractivity contribution in [3.05, 3.63) is 60.3 Å². The van der Waals surface area contributed by atoms with Gasteiger partial charge in [0.1, 0.15) is 11.6 Å². The van der Waals surface area contributed by atoms with Gasteiger partial charge in [-0.3, -0.25) is 9.97 Å². The molecule has 3 rings (SSSR count). The molecule has 3 aromatic rings. The fraction of sp³-hybridized carbons (Fsp3) is 0.222. The fourth-order valence-electron chi connectivity index (χ4n) is 2.46. The van der Waals surface area contributed by atoms with E-state index in [0.29, 0.717) is 5.95 Å². The average molecular weight is 336 g/mol. The van der Waals surface area contributed by atoms with Gasteiger partial charge in [-0.05, 0) is 26.0 Å². The van der Waals surface area contributed by atoms with Crippen molar-refractivity contribution < 1.29 is 5.11 Å². The van der Waals surface area contributed by atoms with Gasteiger partial charge in [-0.15, -0.1) is 0 Å². The fourth-order valence-corrected chi connectivity index (χ4v) is 2.46. The summed E-state index contributed by atoms with van der Waals surface area (Å²) in [5, 5.41) is 16.0. The number of phenolic OH excluding ortho intramolecular Hbond substituents is 1. The third-order valence-corrected chi connectivity index (χ3v) is 3.48. The lowest BCUT2D eigenvalue weighted by Crippen LogP contribution is -2.20. The molecule has 0 aliphatic heterocycles. The monoisotopic (exact) mass is 336 g/mol. The zero-order valence-electron chi connectivity index (χ0n) is 14.1. The molecule has 2 heterocycles. The third kappa shape index (κ3) is 4.87. The highest BCUT2D eigenvalue weighted by Gasteiger charge is 2.08. The molecule has 0 amide bonds. The summed E-state index contributed by atoms with van der Waals surface area (Å²) < 4.78 is 0. The van der Waals surface area contributed by atoms with Crippen LogP contribution >= 0.6 is 0 Å². The first-order valence-corrected chi connectivity index (χ1v) is 8.01. The molecule has 2 aromatic heterocycles. The normalized spacial score (nSPS) is 11.8. The second-order valence-corrected chi connectivity index (χ2v) is 5.84. The number of nitrogens with zero attached hydrogens (tertiary/aromatic N) is 4. The van der Waals surface area contributed by atoms with Crippen molar-refractivity contribution in [2.24, 2.45) is 0 Å². The van der Waals surface area contributed by atoms with E-state index in [1.54, 1.807) is 36.8 Å². The minimum absolute atomic E-state index is 0.139. The topological polar surface area (TPSA) is 95.9 Å². The Labute approximate surface area is 146 Å². The number of rotatable bonds is 6. The van der Waals surface area contributed by atoms with Crippen LogP contribution in [0.3, 0.4) is 0 Å². The third-order valence-electron chi connectivity index (χ3n) is 3.48. The Bertz CT molecular complexity index is 840. The number of aromatic hydroxyl groups is 1. The van der Waals surface area contributed by atoms with Crippen molar-refractivity contribution in [3.63, 3.8) is 0 Å². The first-order chi connectivity index (χ1) is 12.1. The molecule has 0 aliphatic rings. The van der Waals surface area contributed by atoms with Crippen LogP contribution in [-0.2, 0) is 6.42 Å². The van der Waals surface area contributed by atoms with E-state index in [1.165, 1.54) is 0 Å². The number of aryl methyl sites for hydroxylation is 1. The van der Waals surface area contributed by atoms with Gasteiger partial charge < -0.3 is 15.7 Å². The van der Waals surface area contributed by atoms with E-state index in [2.05, 4.69) is 37.5 Å². The molecular weight excluding hydrogens is 316 g/mol. The van der Waals surface area contributed by atoms with Crippen LogP contribution in [0, 0.1) is 6.92 Å². The molecular formula is C18H20N6O. The lowest BCUT2D eigenvalue weighted by Gasteiger charge is -2.15. The summed E-state index contributed by atoms with van der Waals surface area (Å²) in [7, 11) is 0. The molecule has 0 fully saturated rings. The molecule has 0 radical (unpaired) electrons. The maximum Gasteiger partial charge on any atom is 0.229 e. The highest BCUT2D eigenvalue weighted by Crippen LogP contribution is 2.20. The largest absolute Gasteiger partial charge is 0.508 e. The van der Waals surface area contributed by atoms with Crippen molar-refractivity contribution in [2.45, 2.75) is 26.3 Å². The highest BCUT2D eigenvalue weighted by atomic mass is 16.3. The Kier molecular flexibility index (Phi) is 5.03. The molecule has 0 unspecified atom stereocenters. The molecule has 25 heavy (non-hydrogen) atoms. The van der Waals surface area contributed by atoms with Gasteiger partial charge in [-0.1, -0.05) is 6.07 Å². The second kappa shape index (κ2) is 7.57. The van der Waals surface area contributed by atoms with Gasteiger partial charge in [0, 0.05) is 54.6 Å². The molecule has 0 saturated carbocycles. The van der Waals surface area contributed by atoms with E-state index in [-0.39, 0.29) is 11.8 Å². The smallest absolute Gasteiger partial charge is 0.229 e. The quantitative estimate of drug-likeness (QED) is 0.636. The summed E-state index contributed by atoms with van der Waals surface area (Å²) in [6.45, 7) is 3.97. The summed E-state index contributed by atoms with van der Waals surface area (Å²) in [5.41, 5.74) is 2.49. The summed E-state index contributed by atoms with van der Waals surface area (Å²) in [6.07, 6.45) is 5.85. The Morgan fingerprint density at radius 2 is 2.04 bits per heavy atom. The first-order valence-electron chi connectivity index (χ1n) is 8.01. The number of aromatic nitrogens is 4. The minimum atomic E-state index is 0.139. The predicted octanol–water partition coefficient (Wildman–Crippen LogP) is 3.07. The minimum Gasteiger partial charge on any atom is -0.508 e. The number of phenols is 1. The van der Waals surface area contributed by atoms with Gasteiger partial charge in [0.05, 0.1) is 5.69 Å². The molecule has 1 atom stereocenters. The van der Waals surface area contributed by atoms with E-state index in [0.717, 1.165) is 29.3 Å². The zero-order valence-corrected chi connectivity index (χ0v) is 14.1.